The molecule has 1 aromatic heterocycles. The predicted octanol–water partition coefficient (Wildman–Crippen LogP) is 7.12. The van der Waals surface area contributed by atoms with Gasteiger partial charge in [-0.05, 0) is 91.4 Å². The summed E-state index contributed by atoms with van der Waals surface area (Å²) in [6.07, 6.45) is 0.707. The first-order valence-corrected chi connectivity index (χ1v) is 18.2. The van der Waals surface area contributed by atoms with Crippen LogP contribution in [-0.4, -0.2) is 76.8 Å². The Hall–Kier alpha value is -6.16. The van der Waals surface area contributed by atoms with Crippen LogP contribution in [0.25, 0.3) is 11.3 Å². The molecule has 5 aromatic rings. The standard InChI is InChI=1S/C44H45N5O5/c1-28-22-30-14-10-11-15-32(30)27-49(28)43(52)38-24-33-26-48(44(53)54-40-19-13-12-18-35(40)41(50)45(3)4)21-20-31(33)23-37(38)39-25-36(29(2)46(39)5)42(51)47(6)34-16-8-7-9-17-34/h7-19,23-25,28H,20-22,26-27H2,1-6H3/t28-/m1/s1. The molecule has 7 rings (SSSR count). The number of carbonyl (C=O) groups excluding carboxylic acids is 4. The molecule has 0 N–H and O–H groups in total. The fourth-order valence-corrected chi connectivity index (χ4v) is 7.52. The summed E-state index contributed by atoms with van der Waals surface area (Å²) >= 11 is 0. The second-order valence-electron chi connectivity index (χ2n) is 14.4. The molecule has 0 unspecified atom stereocenters. The smallest absolute Gasteiger partial charge is 0.409 e. The van der Waals surface area contributed by atoms with Crippen LogP contribution in [0.1, 0.15) is 65.9 Å². The van der Waals surface area contributed by atoms with Crippen molar-refractivity contribution in [1.82, 2.24) is 19.3 Å². The molecule has 0 saturated heterocycles. The number of carbonyl (C=O) groups is 4. The number of fused-ring (bicyclic) bond motifs is 2. The van der Waals surface area contributed by atoms with Crippen LogP contribution in [-0.2, 0) is 33.0 Å². The molecule has 276 valence electrons. The summed E-state index contributed by atoms with van der Waals surface area (Å²) in [7, 11) is 6.99. The number of ether oxygens (including phenoxy) is 1. The number of hydrogen-bond acceptors (Lipinski definition) is 5. The molecule has 54 heavy (non-hydrogen) atoms. The van der Waals surface area contributed by atoms with E-state index in [0.29, 0.717) is 36.2 Å². The molecule has 0 spiro atoms. The van der Waals surface area contributed by atoms with Crippen molar-refractivity contribution in [2.24, 2.45) is 7.05 Å². The van der Waals surface area contributed by atoms with Gasteiger partial charge in [0.15, 0.2) is 0 Å². The third-order valence-corrected chi connectivity index (χ3v) is 10.8. The molecular weight excluding hydrogens is 679 g/mol. The number of nitrogens with zero attached hydrogens (tertiary/aromatic N) is 5. The van der Waals surface area contributed by atoms with E-state index in [9.17, 15) is 19.2 Å². The maximum absolute atomic E-state index is 14.8. The Morgan fingerprint density at radius 3 is 2.15 bits per heavy atom. The largest absolute Gasteiger partial charge is 0.415 e. The molecule has 4 aromatic carbocycles. The van der Waals surface area contributed by atoms with Crippen LogP contribution >= 0.6 is 0 Å². The summed E-state index contributed by atoms with van der Waals surface area (Å²) in [6.45, 7) is 5.10. The highest BCUT2D eigenvalue weighted by Crippen LogP contribution is 2.36. The highest BCUT2D eigenvalue weighted by molar-refractivity contribution is 6.08. The van der Waals surface area contributed by atoms with Crippen LogP contribution in [0.15, 0.2) is 97.1 Å². The maximum Gasteiger partial charge on any atom is 0.415 e. The van der Waals surface area contributed by atoms with Crippen molar-refractivity contribution in [2.45, 2.75) is 45.8 Å². The third kappa shape index (κ3) is 6.75. The van der Waals surface area contributed by atoms with Gasteiger partial charge >= 0.3 is 6.09 Å². The fourth-order valence-electron chi connectivity index (χ4n) is 7.52. The number of anilines is 1. The Kier molecular flexibility index (Phi) is 9.85. The lowest BCUT2D eigenvalue weighted by Gasteiger charge is -2.36. The van der Waals surface area contributed by atoms with E-state index in [2.05, 4.69) is 25.1 Å². The van der Waals surface area contributed by atoms with E-state index in [1.807, 2.05) is 78.0 Å². The van der Waals surface area contributed by atoms with E-state index in [-0.39, 0.29) is 36.1 Å². The lowest BCUT2D eigenvalue weighted by molar-refractivity contribution is 0.0658. The Balaban J connectivity index is 1.26. The van der Waals surface area contributed by atoms with Crippen LogP contribution in [0, 0.1) is 6.92 Å². The number of benzene rings is 4. The number of rotatable bonds is 6. The normalized spacial score (nSPS) is 14.9. The molecule has 1 atom stereocenters. The zero-order valence-electron chi connectivity index (χ0n) is 31.6. The summed E-state index contributed by atoms with van der Waals surface area (Å²) in [5.74, 6) is -0.325. The zero-order chi connectivity index (χ0) is 38.3. The molecule has 10 nitrogen and oxygen atoms in total. The first kappa shape index (κ1) is 36.2. The molecule has 4 amide bonds. The summed E-state index contributed by atoms with van der Waals surface area (Å²) in [5.41, 5.74) is 8.66. The van der Waals surface area contributed by atoms with Crippen molar-refractivity contribution in [3.05, 3.63) is 142 Å². The van der Waals surface area contributed by atoms with Gasteiger partial charge in [0.1, 0.15) is 5.75 Å². The van der Waals surface area contributed by atoms with E-state index in [4.69, 9.17) is 4.74 Å². The number of hydrogen-bond donors (Lipinski definition) is 0. The topological polar surface area (TPSA) is 95.4 Å². The zero-order valence-corrected chi connectivity index (χ0v) is 31.6. The molecule has 2 aliphatic heterocycles. The highest BCUT2D eigenvalue weighted by Gasteiger charge is 2.33. The van der Waals surface area contributed by atoms with Crippen molar-refractivity contribution in [3.63, 3.8) is 0 Å². The van der Waals surface area contributed by atoms with Crippen molar-refractivity contribution in [2.75, 3.05) is 32.6 Å². The molecular formula is C44H45N5O5. The molecule has 3 heterocycles. The first-order chi connectivity index (χ1) is 25.9. The van der Waals surface area contributed by atoms with E-state index < -0.39 is 6.09 Å². The van der Waals surface area contributed by atoms with Crippen molar-refractivity contribution >= 4 is 29.5 Å². The van der Waals surface area contributed by atoms with Gasteiger partial charge in [0.2, 0.25) is 0 Å². The van der Waals surface area contributed by atoms with Crippen LogP contribution in [0.4, 0.5) is 10.5 Å². The van der Waals surface area contributed by atoms with E-state index >= 15 is 0 Å². The molecule has 10 heteroatoms. The summed E-state index contributed by atoms with van der Waals surface area (Å²) in [5, 5.41) is 0. The van der Waals surface area contributed by atoms with E-state index in [1.54, 1.807) is 55.2 Å². The van der Waals surface area contributed by atoms with Crippen LogP contribution in [0.2, 0.25) is 0 Å². The van der Waals surface area contributed by atoms with Gasteiger partial charge in [-0.2, -0.15) is 0 Å². The minimum Gasteiger partial charge on any atom is -0.409 e. The number of para-hydroxylation sites is 2. The maximum atomic E-state index is 14.8. The van der Waals surface area contributed by atoms with Crippen LogP contribution in [0.5, 0.6) is 5.75 Å². The van der Waals surface area contributed by atoms with Gasteiger partial charge in [-0.15, -0.1) is 0 Å². The third-order valence-electron chi connectivity index (χ3n) is 10.8. The fraction of sp³-hybridized carbons (Fsp3) is 0.273. The first-order valence-electron chi connectivity index (χ1n) is 18.2. The summed E-state index contributed by atoms with van der Waals surface area (Å²) in [6, 6.07) is 30.3. The van der Waals surface area contributed by atoms with Gasteiger partial charge in [0.25, 0.3) is 17.7 Å². The number of aromatic nitrogens is 1. The van der Waals surface area contributed by atoms with Crippen molar-refractivity contribution in [3.8, 4) is 17.0 Å². The van der Waals surface area contributed by atoms with Gasteiger partial charge in [-0.25, -0.2) is 4.79 Å². The Morgan fingerprint density at radius 1 is 0.722 bits per heavy atom. The lowest BCUT2D eigenvalue weighted by atomic mass is 9.90. The Labute approximate surface area is 316 Å². The molecule has 0 saturated carbocycles. The monoisotopic (exact) mass is 723 g/mol. The predicted molar refractivity (Wildman–Crippen MR) is 209 cm³/mol. The van der Waals surface area contributed by atoms with Crippen LogP contribution in [0.3, 0.4) is 0 Å². The van der Waals surface area contributed by atoms with Crippen molar-refractivity contribution < 1.29 is 23.9 Å². The van der Waals surface area contributed by atoms with E-state index in [1.165, 1.54) is 10.5 Å². The average Bonchev–Trinajstić information content (AvgIpc) is 3.48. The minimum absolute atomic E-state index is 0.0421. The highest BCUT2D eigenvalue weighted by atomic mass is 16.6. The van der Waals surface area contributed by atoms with Crippen molar-refractivity contribution in [1.29, 1.82) is 0 Å². The average molecular weight is 724 g/mol. The summed E-state index contributed by atoms with van der Waals surface area (Å²) < 4.78 is 7.80. The van der Waals surface area contributed by atoms with Gasteiger partial charge in [0.05, 0.1) is 11.1 Å². The van der Waals surface area contributed by atoms with Gasteiger partial charge in [0, 0.05) is 82.1 Å². The molecule has 0 bridgehead atoms. The number of amides is 4. The SMILES string of the molecule is Cc1c(C(=O)N(C)c2ccccc2)cc(-c2cc3c(cc2C(=O)N2Cc4ccccc4C[C@H]2C)CN(C(=O)Oc2ccccc2C(=O)N(C)C)CC3)n1C. The van der Waals surface area contributed by atoms with Gasteiger partial charge in [-0.1, -0.05) is 54.6 Å². The van der Waals surface area contributed by atoms with E-state index in [0.717, 1.165) is 45.7 Å². The molecule has 0 aliphatic carbocycles. The second-order valence-corrected chi connectivity index (χ2v) is 14.4. The molecule has 2 aliphatic rings. The minimum atomic E-state index is -0.568. The van der Waals surface area contributed by atoms with Gasteiger partial charge < -0.3 is 28.9 Å². The summed E-state index contributed by atoms with van der Waals surface area (Å²) in [4.78, 5) is 61.8. The lowest BCUT2D eigenvalue weighted by Crippen LogP contribution is -2.43. The molecule has 0 radical (unpaired) electrons. The van der Waals surface area contributed by atoms with Gasteiger partial charge in [-0.3, -0.25) is 14.4 Å². The van der Waals surface area contributed by atoms with Crippen LogP contribution < -0.4 is 9.64 Å². The Morgan fingerprint density at radius 2 is 1.41 bits per heavy atom. The Bertz CT molecular complexity index is 2280. The quantitative estimate of drug-likeness (QED) is 0.186. The second kappa shape index (κ2) is 14.7. The molecule has 0 fully saturated rings.